The lowest BCUT2D eigenvalue weighted by atomic mass is 9.53. The number of benzene rings is 1. The molecule has 6 heteroatoms. The van der Waals surface area contributed by atoms with Crippen molar-refractivity contribution in [2.75, 3.05) is 13.6 Å². The summed E-state index contributed by atoms with van der Waals surface area (Å²) in [5, 5.41) is 10.7. The Morgan fingerprint density at radius 3 is 3.03 bits per heavy atom. The molecule has 1 saturated carbocycles. The fourth-order valence-electron chi connectivity index (χ4n) is 7.78. The van der Waals surface area contributed by atoms with E-state index in [2.05, 4.69) is 41.2 Å². The molecule has 3 heterocycles. The van der Waals surface area contributed by atoms with Gasteiger partial charge in [0.05, 0.1) is 5.92 Å². The van der Waals surface area contributed by atoms with Crippen molar-refractivity contribution in [3.8, 4) is 11.5 Å². The van der Waals surface area contributed by atoms with Gasteiger partial charge in [0.25, 0.3) is 0 Å². The van der Waals surface area contributed by atoms with E-state index in [1.807, 2.05) is 12.3 Å². The molecule has 0 amide bonds. The molecule has 7 atom stereocenters. The lowest BCUT2D eigenvalue weighted by Gasteiger charge is -2.56. The monoisotopic (exact) mass is 458 g/mol. The van der Waals surface area contributed by atoms with Crippen LogP contribution in [0.3, 0.4) is 0 Å². The lowest BCUT2D eigenvalue weighted by molar-refractivity contribution is -0.160. The number of esters is 1. The number of aromatic nitrogens is 1. The van der Waals surface area contributed by atoms with Gasteiger partial charge >= 0.3 is 5.97 Å². The predicted octanol–water partition coefficient (Wildman–Crippen LogP) is 3.73. The zero-order chi connectivity index (χ0) is 23.0. The van der Waals surface area contributed by atoms with E-state index in [9.17, 15) is 9.90 Å². The molecular weight excluding hydrogens is 428 g/mol. The van der Waals surface area contributed by atoms with Crippen molar-refractivity contribution in [1.82, 2.24) is 9.88 Å². The summed E-state index contributed by atoms with van der Waals surface area (Å²) in [5.74, 6) is 0.943. The van der Waals surface area contributed by atoms with E-state index < -0.39 is 6.10 Å². The number of likely N-dealkylation sites (tertiary alicyclic amines) is 1. The molecule has 2 aromatic rings. The average Bonchev–Trinajstić information content (AvgIpc) is 3.48. The van der Waals surface area contributed by atoms with Gasteiger partial charge in [-0.2, -0.15) is 0 Å². The largest absolute Gasteiger partial charge is 0.504 e. The first-order chi connectivity index (χ1) is 16.6. The molecule has 1 aromatic carbocycles. The second kappa shape index (κ2) is 7.32. The number of rotatable bonds is 3. The minimum atomic E-state index is -0.458. The fourth-order valence-corrected chi connectivity index (χ4v) is 7.78. The van der Waals surface area contributed by atoms with Crippen LogP contribution in [0.2, 0.25) is 0 Å². The summed E-state index contributed by atoms with van der Waals surface area (Å²) < 4.78 is 12.8. The van der Waals surface area contributed by atoms with Gasteiger partial charge in [0.2, 0.25) is 0 Å². The Bertz CT molecular complexity index is 1180. The first kappa shape index (κ1) is 20.5. The molecule has 3 aliphatic carbocycles. The number of likely N-dealkylation sites (N-methyl/N-ethyl adjacent to an activating group) is 1. The molecule has 1 N–H and O–H groups in total. The number of nitrogens with zero attached hydrogens (tertiary/aromatic N) is 2. The van der Waals surface area contributed by atoms with Crippen LogP contribution in [0.15, 0.2) is 48.8 Å². The van der Waals surface area contributed by atoms with Crippen LogP contribution in [0.4, 0.5) is 0 Å². The molecule has 0 radical (unpaired) electrons. The molecule has 1 saturated heterocycles. The summed E-state index contributed by atoms with van der Waals surface area (Å²) in [6.07, 6.45) is 11.9. The molecule has 5 aliphatic rings. The Labute approximate surface area is 199 Å². The number of pyridine rings is 1. The molecule has 1 unspecified atom stereocenters. The number of carbonyl (C=O) groups excluding carboxylic acids is 1. The summed E-state index contributed by atoms with van der Waals surface area (Å²) >= 11 is 0. The molecule has 1 spiro atoms. The molecular formula is C28H30N2O4. The smallest absolute Gasteiger partial charge is 0.310 e. The highest BCUT2D eigenvalue weighted by molar-refractivity contribution is 5.75. The normalized spacial score (nSPS) is 37.2. The molecule has 2 aliphatic heterocycles. The van der Waals surface area contributed by atoms with Gasteiger partial charge in [0, 0.05) is 35.3 Å². The van der Waals surface area contributed by atoms with Gasteiger partial charge in [0.15, 0.2) is 17.6 Å². The highest BCUT2D eigenvalue weighted by Crippen LogP contribution is 2.62. The van der Waals surface area contributed by atoms with Crippen LogP contribution in [0, 0.1) is 11.8 Å². The zero-order valence-corrected chi connectivity index (χ0v) is 19.4. The van der Waals surface area contributed by atoms with E-state index in [-0.39, 0.29) is 41.0 Å². The molecule has 6 nitrogen and oxygen atoms in total. The van der Waals surface area contributed by atoms with Gasteiger partial charge < -0.3 is 19.5 Å². The summed E-state index contributed by atoms with van der Waals surface area (Å²) in [7, 11) is 2.20. The van der Waals surface area contributed by atoms with Crippen molar-refractivity contribution in [3.63, 3.8) is 0 Å². The Morgan fingerprint density at radius 1 is 1.26 bits per heavy atom. The number of piperidine rings is 1. The van der Waals surface area contributed by atoms with Crippen LogP contribution in [-0.2, 0) is 21.4 Å². The van der Waals surface area contributed by atoms with E-state index in [0.29, 0.717) is 11.8 Å². The number of phenolic OH excluding ortho intramolecular Hbond substituents is 1. The maximum atomic E-state index is 13.5. The number of hydrogen-bond donors (Lipinski definition) is 1. The number of carbonyl (C=O) groups is 1. The lowest BCUT2D eigenvalue weighted by Crippen LogP contribution is -2.65. The average molecular weight is 459 g/mol. The number of hydrogen-bond acceptors (Lipinski definition) is 6. The van der Waals surface area contributed by atoms with Crippen LogP contribution in [0.25, 0.3) is 0 Å². The van der Waals surface area contributed by atoms with Crippen LogP contribution in [-0.4, -0.2) is 52.8 Å². The molecule has 1 aromatic heterocycles. The fraction of sp³-hybridized carbons (Fsp3) is 0.500. The van der Waals surface area contributed by atoms with Gasteiger partial charge in [-0.05, 0) is 74.5 Å². The maximum Gasteiger partial charge on any atom is 0.310 e. The first-order valence-corrected chi connectivity index (χ1v) is 12.6. The Hall–Kier alpha value is -2.86. The zero-order valence-electron chi connectivity index (χ0n) is 19.4. The van der Waals surface area contributed by atoms with E-state index in [1.54, 1.807) is 12.3 Å². The van der Waals surface area contributed by atoms with Gasteiger partial charge in [-0.25, -0.2) is 0 Å². The summed E-state index contributed by atoms with van der Waals surface area (Å²) in [6, 6.07) is 8.20. The topological polar surface area (TPSA) is 71.9 Å². The predicted molar refractivity (Wildman–Crippen MR) is 126 cm³/mol. The van der Waals surface area contributed by atoms with Crippen molar-refractivity contribution >= 4 is 5.97 Å². The Morgan fingerprint density at radius 2 is 2.18 bits per heavy atom. The second-order valence-corrected chi connectivity index (χ2v) is 10.8. The third-order valence-electron chi connectivity index (χ3n) is 9.31. The van der Waals surface area contributed by atoms with Crippen LogP contribution < -0.4 is 4.74 Å². The minimum Gasteiger partial charge on any atom is -0.504 e. The maximum absolute atomic E-state index is 13.5. The Kier molecular flexibility index (Phi) is 4.41. The van der Waals surface area contributed by atoms with E-state index in [1.165, 1.54) is 5.56 Å². The van der Waals surface area contributed by atoms with Gasteiger partial charge in [-0.15, -0.1) is 0 Å². The van der Waals surface area contributed by atoms with Crippen LogP contribution >= 0.6 is 0 Å². The summed E-state index contributed by atoms with van der Waals surface area (Å²) in [4.78, 5) is 20.2. The van der Waals surface area contributed by atoms with E-state index >= 15 is 0 Å². The number of phenols is 1. The number of ether oxygens (including phenoxy) is 2. The molecule has 2 bridgehead atoms. The van der Waals surface area contributed by atoms with E-state index in [0.717, 1.165) is 49.8 Å². The molecule has 176 valence electrons. The quantitative estimate of drug-likeness (QED) is 0.558. The van der Waals surface area contributed by atoms with Crippen molar-refractivity contribution < 1.29 is 19.4 Å². The van der Waals surface area contributed by atoms with Crippen LogP contribution in [0.5, 0.6) is 11.5 Å². The van der Waals surface area contributed by atoms with Gasteiger partial charge in [-0.3, -0.25) is 9.78 Å². The minimum absolute atomic E-state index is 0.139. The van der Waals surface area contributed by atoms with Crippen molar-refractivity contribution in [1.29, 1.82) is 0 Å². The van der Waals surface area contributed by atoms with Crippen LogP contribution in [0.1, 0.15) is 48.3 Å². The highest BCUT2D eigenvalue weighted by atomic mass is 16.6. The van der Waals surface area contributed by atoms with Gasteiger partial charge in [-0.1, -0.05) is 24.6 Å². The SMILES string of the molecule is CN1CC[C@]23c4c5ccc(O)c4O[C@H]2[C@@H](OC(=O)C2CCC[C@H]2c2cccnc2)C=C[C@H]3[C@H]1C5. The first-order valence-electron chi connectivity index (χ1n) is 12.6. The van der Waals surface area contributed by atoms with Crippen molar-refractivity contribution in [2.45, 2.75) is 61.7 Å². The van der Waals surface area contributed by atoms with Gasteiger partial charge in [0.1, 0.15) is 6.10 Å². The second-order valence-electron chi connectivity index (χ2n) is 10.8. The molecule has 7 rings (SSSR count). The Balaban J connectivity index is 1.23. The molecule has 2 fully saturated rings. The standard InChI is InChI=1S/C28H30N2O4/c1-30-13-11-28-20-8-10-23(26(28)34-25-22(31)9-7-16(24(25)28)14-21(20)30)33-27(32)19-6-2-5-18(19)17-4-3-12-29-15-17/h3-4,7-10,12,15,18-21,23,26,31H,2,5-6,11,13-14H2,1H3/t18-,19?,20-,21+,23-,26-,28-/m0/s1. The summed E-state index contributed by atoms with van der Waals surface area (Å²) in [5.41, 5.74) is 3.28. The van der Waals surface area contributed by atoms with Crippen molar-refractivity contribution in [2.24, 2.45) is 11.8 Å². The van der Waals surface area contributed by atoms with Crippen molar-refractivity contribution in [3.05, 3.63) is 65.5 Å². The summed E-state index contributed by atoms with van der Waals surface area (Å²) in [6.45, 7) is 0.968. The number of aromatic hydroxyl groups is 1. The third kappa shape index (κ3) is 2.66. The van der Waals surface area contributed by atoms with E-state index in [4.69, 9.17) is 9.47 Å². The highest BCUT2D eigenvalue weighted by Gasteiger charge is 2.65. The third-order valence-corrected chi connectivity index (χ3v) is 9.31. The molecule has 34 heavy (non-hydrogen) atoms.